The molecule has 1 saturated heterocycles. The van der Waals surface area contributed by atoms with Gasteiger partial charge in [0.05, 0.1) is 14.6 Å². The van der Waals surface area contributed by atoms with Crippen LogP contribution in [0.25, 0.3) is 5.52 Å². The van der Waals surface area contributed by atoms with Crippen LogP contribution in [-0.2, 0) is 6.54 Å². The van der Waals surface area contributed by atoms with E-state index in [-0.39, 0.29) is 21.8 Å². The first kappa shape index (κ1) is 8.55. The van der Waals surface area contributed by atoms with Crippen molar-refractivity contribution in [1.29, 1.82) is 1.43 Å². The number of hydrogen-bond acceptors (Lipinski definition) is 7. The van der Waals surface area contributed by atoms with Crippen LogP contribution in [0, 0.1) is 0 Å². The maximum absolute atomic E-state index is 8.68. The zero-order valence-corrected chi connectivity index (χ0v) is 14.2. The Labute approximate surface area is 174 Å². The fourth-order valence-corrected chi connectivity index (χ4v) is 2.64. The van der Waals surface area contributed by atoms with Gasteiger partial charge in [0.25, 0.3) is 0 Å². The molecule has 3 heterocycles. The fraction of sp³-hybridized carbons (Fsp3) is 0.368. The van der Waals surface area contributed by atoms with Crippen molar-refractivity contribution in [1.82, 2.24) is 19.5 Å². The molecule has 1 aliphatic rings. The molecule has 8 nitrogen and oxygen atoms in total. The van der Waals surface area contributed by atoms with E-state index in [0.717, 1.165) is 5.31 Å². The second-order valence-electron chi connectivity index (χ2n) is 5.64. The summed E-state index contributed by atoms with van der Waals surface area (Å²) >= 11 is 0. The highest BCUT2D eigenvalue weighted by Crippen LogP contribution is 2.26. The third-order valence-corrected chi connectivity index (χ3v) is 3.90. The zero-order chi connectivity index (χ0) is 29.2. The second kappa shape index (κ2) is 7.51. The number of nitrogens with one attached hydrogen (secondary N) is 1. The number of β-amino-alcohol motifs (C(OH)–C–C–N with tert-alkyl or cyclic N) is 1. The van der Waals surface area contributed by atoms with E-state index in [2.05, 4.69) is 15.2 Å². The Hall–Kier alpha value is -2.68. The Morgan fingerprint density at radius 3 is 3.41 bits per heavy atom. The molecule has 0 amide bonds. The highest BCUT2D eigenvalue weighted by Gasteiger charge is 2.25. The van der Waals surface area contributed by atoms with Crippen LogP contribution in [0.4, 0.5) is 11.5 Å². The first-order chi connectivity index (χ1) is 18.0. The molecular formula is C19H24N6O2. The molecule has 2 atom stereocenters. The van der Waals surface area contributed by atoms with Crippen molar-refractivity contribution in [3.05, 3.63) is 48.4 Å². The lowest BCUT2D eigenvalue weighted by Gasteiger charge is -2.33. The van der Waals surface area contributed by atoms with E-state index in [9.17, 15) is 0 Å². The molecule has 0 aliphatic carbocycles. The lowest BCUT2D eigenvalue weighted by atomic mass is 10.0. The van der Waals surface area contributed by atoms with Crippen LogP contribution in [-0.4, -0.2) is 58.2 Å². The number of ether oxygens (including phenoxy) is 1. The predicted octanol–water partition coefficient (Wildman–Crippen LogP) is 1.38. The number of nitrogens with two attached hydrogens (primary N) is 1. The first-order valence-electron chi connectivity index (χ1n) is 13.7. The molecule has 142 valence electrons. The summed E-state index contributed by atoms with van der Waals surface area (Å²) in [4.78, 5) is 4.43. The lowest BCUT2D eigenvalue weighted by Crippen LogP contribution is -2.50. The van der Waals surface area contributed by atoms with Crippen LogP contribution in [0.5, 0.6) is 5.75 Å². The molecular weight excluding hydrogens is 344 g/mol. The van der Waals surface area contributed by atoms with Gasteiger partial charge in [-0.3, -0.25) is 4.90 Å². The van der Waals surface area contributed by atoms with Gasteiger partial charge in [-0.15, -0.1) is 0 Å². The molecule has 4 N–H and O–H groups in total. The van der Waals surface area contributed by atoms with Crippen LogP contribution < -0.4 is 15.8 Å². The van der Waals surface area contributed by atoms with E-state index in [4.69, 9.17) is 21.4 Å². The smallest absolute Gasteiger partial charge is 0.211 e. The van der Waals surface area contributed by atoms with Gasteiger partial charge in [0.1, 0.15) is 20.4 Å². The number of nitrogens with zero attached hydrogens (tertiary/aromatic N) is 4. The molecule has 4 rings (SSSR count). The second-order valence-corrected chi connectivity index (χ2v) is 5.64. The number of likely N-dealkylation sites (tertiary alicyclic amines) is 1. The number of benzene rings is 1. The minimum atomic E-state index is -3.65. The van der Waals surface area contributed by atoms with Gasteiger partial charge in [0.15, 0.2) is 7.23 Å². The number of fused-ring (bicyclic) bond motifs is 1. The molecule has 0 bridgehead atoms. The number of aromatic nitrogens is 3. The third kappa shape index (κ3) is 3.73. The molecule has 0 spiro atoms. The van der Waals surface area contributed by atoms with Crippen LogP contribution >= 0.6 is 0 Å². The van der Waals surface area contributed by atoms with Crippen LogP contribution in [0.2, 0.25) is 4.24 Å². The molecule has 1 aliphatic heterocycles. The van der Waals surface area contributed by atoms with Crippen molar-refractivity contribution >= 4 is 17.0 Å². The Morgan fingerprint density at radius 2 is 2.56 bits per heavy atom. The third-order valence-electron chi connectivity index (χ3n) is 3.90. The Morgan fingerprint density at radius 1 is 1.59 bits per heavy atom. The van der Waals surface area contributed by atoms with E-state index in [0.29, 0.717) is 11.4 Å². The van der Waals surface area contributed by atoms with E-state index in [1.165, 1.54) is 30.2 Å². The summed E-state index contributed by atoms with van der Waals surface area (Å²) in [5.74, 6) is 0.452. The lowest BCUT2D eigenvalue weighted by molar-refractivity contribution is 0.0501. The molecule has 8 heteroatoms. The first-order valence-corrected chi connectivity index (χ1v) is 7.97. The van der Waals surface area contributed by atoms with E-state index in [1.54, 1.807) is 24.3 Å². The quantitative estimate of drug-likeness (QED) is 0.569. The summed E-state index contributed by atoms with van der Waals surface area (Å²) < 4.78 is 106. The van der Waals surface area contributed by atoms with Crippen molar-refractivity contribution in [2.75, 3.05) is 25.4 Å². The Kier molecular flexibility index (Phi) is 2.38. The Balaban J connectivity index is 1.88. The monoisotopic (exact) mass is 380 g/mol. The van der Waals surface area contributed by atoms with Gasteiger partial charge in [-0.25, -0.2) is 9.50 Å². The van der Waals surface area contributed by atoms with Gasteiger partial charge >= 0.3 is 0 Å². The maximum Gasteiger partial charge on any atom is 0.211 e. The zero-order valence-electron chi connectivity index (χ0n) is 26.2. The average Bonchev–Trinajstić information content (AvgIpc) is 3.32. The highest BCUT2D eigenvalue weighted by molar-refractivity contribution is 5.76. The summed E-state index contributed by atoms with van der Waals surface area (Å²) in [6, 6.07) is 4.25. The fourth-order valence-electron chi connectivity index (χ4n) is 2.64. The summed E-state index contributed by atoms with van der Waals surface area (Å²) in [7, 11) is 1.46. The van der Waals surface area contributed by atoms with Crippen LogP contribution in [0.15, 0.2) is 42.9 Å². The normalized spacial score (nSPS) is 38.3. The topological polar surface area (TPSA) is 101 Å². The van der Waals surface area contributed by atoms with Gasteiger partial charge in [-0.2, -0.15) is 5.10 Å². The van der Waals surface area contributed by atoms with E-state index < -0.39 is 43.7 Å². The molecule has 1 aromatic carbocycles. The van der Waals surface area contributed by atoms with Crippen molar-refractivity contribution in [3.63, 3.8) is 0 Å². The van der Waals surface area contributed by atoms with Gasteiger partial charge < -0.3 is 20.9 Å². The summed E-state index contributed by atoms with van der Waals surface area (Å²) in [5, 5.41) is 9.23. The predicted molar refractivity (Wildman–Crippen MR) is 103 cm³/mol. The van der Waals surface area contributed by atoms with Crippen molar-refractivity contribution in [2.45, 2.75) is 25.0 Å². The SMILES string of the molecule is [2H]O[C@]1([2H])C([2H])([2H])N(Cc2ccn3ncnc(N([2H])c4cccc(OC)c4)c23)C([2H])([2H])C([2H])([2H])[C@@]1([2H])N([2H])[2H]. The van der Waals surface area contributed by atoms with Crippen molar-refractivity contribution < 1.29 is 25.0 Å². The maximum atomic E-state index is 8.68. The number of anilines is 2. The summed E-state index contributed by atoms with van der Waals surface area (Å²) in [6.45, 7) is -7.62. The number of methoxy groups -OCH3 is 1. The number of hydrogen-bond donors (Lipinski definition) is 3. The largest absolute Gasteiger partial charge is 0.497 e. The van der Waals surface area contributed by atoms with Gasteiger partial charge in [0, 0.05) is 53.1 Å². The number of rotatable bonds is 7. The highest BCUT2D eigenvalue weighted by atomic mass is 16.5. The van der Waals surface area contributed by atoms with Gasteiger partial charge in [-0.1, -0.05) is 6.07 Å². The average molecular weight is 381 g/mol. The molecule has 2 aromatic heterocycles. The molecule has 1 fully saturated rings. The van der Waals surface area contributed by atoms with Crippen molar-refractivity contribution in [2.24, 2.45) is 5.72 Å². The van der Waals surface area contributed by atoms with Crippen LogP contribution in [0.3, 0.4) is 0 Å². The standard InChI is InChI=1S/C19H24N6O2/c1-27-15-4-2-3-14(9-15)23-19-18-13(5-8-25(18)22-12-21-19)10-24-7-6-16(20)17(26)11-24/h2-5,8-9,12,16-17,26H,6-7,10-11,20H2,1H3,(H,21,22,23)/t16-,17-/m1/s1/i6D2,7D2,11D2,16D,17D,26D/hD3. The molecule has 0 radical (unpaired) electrons. The van der Waals surface area contributed by atoms with Crippen LogP contribution in [0.1, 0.15) is 22.9 Å². The number of piperidine rings is 1. The minimum absolute atomic E-state index is 0.00777. The molecule has 0 unspecified atom stereocenters. The summed E-state index contributed by atoms with van der Waals surface area (Å²) in [6.07, 6.45) is -4.62. The van der Waals surface area contributed by atoms with E-state index in [1.807, 2.05) is 0 Å². The minimum Gasteiger partial charge on any atom is -0.497 e. The van der Waals surface area contributed by atoms with Gasteiger partial charge in [0.2, 0.25) is 1.43 Å². The van der Waals surface area contributed by atoms with Gasteiger partial charge in [-0.05, 0) is 30.1 Å². The molecule has 27 heavy (non-hydrogen) atoms. The van der Waals surface area contributed by atoms with E-state index >= 15 is 0 Å². The molecule has 3 aromatic rings. The molecule has 0 saturated carbocycles. The number of aliphatic hydroxyl groups is 1. The summed E-state index contributed by atoms with van der Waals surface area (Å²) in [5.41, 5.74) is -0.101. The van der Waals surface area contributed by atoms with Crippen molar-refractivity contribution in [3.8, 4) is 5.75 Å². The Bertz CT molecular complexity index is 1380.